The Bertz CT molecular complexity index is 350. The topological polar surface area (TPSA) is 46.5 Å². The number of carbonyl (C=O) groups is 1. The molecular weight excluding hydrogens is 276 g/mol. The van der Waals surface area contributed by atoms with E-state index in [9.17, 15) is 9.90 Å². The van der Waals surface area contributed by atoms with Crippen molar-refractivity contribution < 1.29 is 14.6 Å². The summed E-state index contributed by atoms with van der Waals surface area (Å²) in [6.07, 6.45) is 8.42. The molecule has 0 bridgehead atoms. The lowest BCUT2D eigenvalue weighted by Crippen LogP contribution is -2.21. The zero-order chi connectivity index (χ0) is 17.2. The predicted octanol–water partition coefficient (Wildman–Crippen LogP) is 4.88. The summed E-state index contributed by atoms with van der Waals surface area (Å²) in [7, 11) is 0. The van der Waals surface area contributed by atoms with E-state index in [1.807, 2.05) is 13.8 Å². The molecule has 0 rings (SSSR count). The predicted molar refractivity (Wildman–Crippen MR) is 92.7 cm³/mol. The molecule has 0 aromatic rings. The molecule has 0 aliphatic carbocycles. The van der Waals surface area contributed by atoms with Crippen LogP contribution in [0, 0.1) is 10.8 Å². The van der Waals surface area contributed by atoms with Gasteiger partial charge in [-0.1, -0.05) is 59.0 Å². The first-order valence-corrected chi connectivity index (χ1v) is 8.50. The zero-order valence-corrected chi connectivity index (χ0v) is 15.5. The molecule has 0 heterocycles. The van der Waals surface area contributed by atoms with Gasteiger partial charge in [-0.2, -0.15) is 0 Å². The lowest BCUT2D eigenvalue weighted by molar-refractivity contribution is -0.140. The van der Waals surface area contributed by atoms with Crippen LogP contribution in [0.5, 0.6) is 0 Å². The average Bonchev–Trinajstić information content (AvgIpc) is 2.40. The minimum Gasteiger partial charge on any atom is -0.462 e. The van der Waals surface area contributed by atoms with Gasteiger partial charge < -0.3 is 9.84 Å². The molecule has 0 aromatic heterocycles. The van der Waals surface area contributed by atoms with Crippen LogP contribution in [0.25, 0.3) is 0 Å². The lowest BCUT2D eigenvalue weighted by atomic mass is 9.86. The number of aliphatic hydroxyl groups excluding tert-OH is 1. The summed E-state index contributed by atoms with van der Waals surface area (Å²) in [6.45, 7) is 13.0. The van der Waals surface area contributed by atoms with Crippen molar-refractivity contribution in [3.8, 4) is 0 Å². The summed E-state index contributed by atoms with van der Waals surface area (Å²) in [6, 6.07) is 0. The van der Waals surface area contributed by atoms with Gasteiger partial charge in [0.05, 0.1) is 6.61 Å². The van der Waals surface area contributed by atoms with Crippen LogP contribution in [-0.4, -0.2) is 24.3 Å². The van der Waals surface area contributed by atoms with Gasteiger partial charge in [-0.05, 0) is 37.5 Å². The van der Waals surface area contributed by atoms with E-state index in [0.717, 1.165) is 24.8 Å². The average molecular weight is 312 g/mol. The normalized spacial score (nSPS) is 12.1. The fraction of sp³-hybridized carbons (Fsp3) is 0.842. The Balaban J connectivity index is 3.81. The van der Waals surface area contributed by atoms with Crippen LogP contribution in [0.3, 0.4) is 0 Å². The zero-order valence-electron chi connectivity index (χ0n) is 15.5. The molecule has 1 N–H and O–H groups in total. The number of ether oxygens (including phenoxy) is 1. The van der Waals surface area contributed by atoms with Crippen LogP contribution in [-0.2, 0) is 9.53 Å². The minimum absolute atomic E-state index is 0.0372. The van der Waals surface area contributed by atoms with Crippen molar-refractivity contribution in [2.24, 2.45) is 10.8 Å². The van der Waals surface area contributed by atoms with Crippen molar-refractivity contribution >= 4 is 5.97 Å². The molecule has 22 heavy (non-hydrogen) atoms. The maximum absolute atomic E-state index is 11.5. The van der Waals surface area contributed by atoms with Gasteiger partial charge in [-0.3, -0.25) is 0 Å². The van der Waals surface area contributed by atoms with Crippen LogP contribution in [0.4, 0.5) is 0 Å². The molecule has 0 amide bonds. The maximum Gasteiger partial charge on any atom is 0.330 e. The maximum atomic E-state index is 11.5. The van der Waals surface area contributed by atoms with E-state index in [0.29, 0.717) is 6.61 Å². The second kappa shape index (κ2) is 10.0. The van der Waals surface area contributed by atoms with E-state index >= 15 is 0 Å². The van der Waals surface area contributed by atoms with Gasteiger partial charge in [0, 0.05) is 12.7 Å². The van der Waals surface area contributed by atoms with Gasteiger partial charge in [0.25, 0.3) is 0 Å². The summed E-state index contributed by atoms with van der Waals surface area (Å²) in [5, 5.41) is 9.22. The molecule has 0 radical (unpaired) electrons. The van der Waals surface area contributed by atoms with Crippen molar-refractivity contribution in [1.29, 1.82) is 0 Å². The molecule has 3 heteroatoms. The van der Waals surface area contributed by atoms with E-state index in [1.54, 1.807) is 6.08 Å². The third kappa shape index (κ3) is 11.8. The van der Waals surface area contributed by atoms with Gasteiger partial charge in [0.1, 0.15) is 0 Å². The van der Waals surface area contributed by atoms with E-state index in [1.165, 1.54) is 19.3 Å². The number of allylic oxidation sites excluding steroid dienone is 1. The SMILES string of the molecule is CC(C)=CC(=O)OCC(C)(C)CCCCCCC(C)(C)CO. The van der Waals surface area contributed by atoms with E-state index < -0.39 is 0 Å². The van der Waals surface area contributed by atoms with Gasteiger partial charge >= 0.3 is 5.97 Å². The van der Waals surface area contributed by atoms with Gasteiger partial charge in [0.15, 0.2) is 0 Å². The Morgan fingerprint density at radius 2 is 1.45 bits per heavy atom. The highest BCUT2D eigenvalue weighted by atomic mass is 16.5. The van der Waals surface area contributed by atoms with Gasteiger partial charge in [-0.15, -0.1) is 0 Å². The molecule has 0 atom stereocenters. The van der Waals surface area contributed by atoms with E-state index in [4.69, 9.17) is 4.74 Å². The number of unbranched alkanes of at least 4 members (excludes halogenated alkanes) is 3. The highest BCUT2D eigenvalue weighted by molar-refractivity contribution is 5.82. The van der Waals surface area contributed by atoms with Crippen molar-refractivity contribution in [3.63, 3.8) is 0 Å². The summed E-state index contributed by atoms with van der Waals surface area (Å²) in [5.41, 5.74) is 1.06. The summed E-state index contributed by atoms with van der Waals surface area (Å²) in [4.78, 5) is 11.5. The van der Waals surface area contributed by atoms with Crippen LogP contribution in [0.1, 0.15) is 80.1 Å². The number of carbonyl (C=O) groups excluding carboxylic acids is 1. The molecule has 0 aromatic carbocycles. The number of rotatable bonds is 11. The minimum atomic E-state index is -0.237. The Morgan fingerprint density at radius 1 is 0.955 bits per heavy atom. The lowest BCUT2D eigenvalue weighted by Gasteiger charge is -2.24. The first-order valence-electron chi connectivity index (χ1n) is 8.50. The van der Waals surface area contributed by atoms with Gasteiger partial charge in [-0.25, -0.2) is 4.79 Å². The number of hydrogen-bond donors (Lipinski definition) is 1. The fourth-order valence-corrected chi connectivity index (χ4v) is 2.26. The van der Waals surface area contributed by atoms with Crippen molar-refractivity contribution in [3.05, 3.63) is 11.6 Å². The Kier molecular flexibility index (Phi) is 9.66. The quantitative estimate of drug-likeness (QED) is 0.336. The van der Waals surface area contributed by atoms with Crippen LogP contribution in [0.15, 0.2) is 11.6 Å². The summed E-state index contributed by atoms with van der Waals surface area (Å²) in [5.74, 6) is -0.237. The van der Waals surface area contributed by atoms with Crippen molar-refractivity contribution in [1.82, 2.24) is 0 Å². The number of aliphatic hydroxyl groups is 1. The fourth-order valence-electron chi connectivity index (χ4n) is 2.26. The first kappa shape index (κ1) is 21.2. The highest BCUT2D eigenvalue weighted by Crippen LogP contribution is 2.26. The molecular formula is C19H36O3. The third-order valence-corrected chi connectivity index (χ3v) is 3.90. The third-order valence-electron chi connectivity index (χ3n) is 3.90. The largest absolute Gasteiger partial charge is 0.462 e. The monoisotopic (exact) mass is 312 g/mol. The smallest absolute Gasteiger partial charge is 0.330 e. The molecule has 3 nitrogen and oxygen atoms in total. The Labute approximate surface area is 137 Å². The molecule has 0 fully saturated rings. The van der Waals surface area contributed by atoms with Gasteiger partial charge in [0.2, 0.25) is 0 Å². The number of hydrogen-bond acceptors (Lipinski definition) is 3. The molecule has 0 aliphatic heterocycles. The second-order valence-electron chi connectivity index (χ2n) is 8.23. The van der Waals surface area contributed by atoms with Crippen molar-refractivity contribution in [2.45, 2.75) is 80.1 Å². The first-order chi connectivity index (χ1) is 10.1. The summed E-state index contributed by atoms with van der Waals surface area (Å²) >= 11 is 0. The second-order valence-corrected chi connectivity index (χ2v) is 8.23. The van der Waals surface area contributed by atoms with E-state index in [2.05, 4.69) is 27.7 Å². The molecule has 130 valence electrons. The van der Waals surface area contributed by atoms with Crippen LogP contribution < -0.4 is 0 Å². The van der Waals surface area contributed by atoms with Crippen molar-refractivity contribution in [2.75, 3.05) is 13.2 Å². The summed E-state index contributed by atoms with van der Waals surface area (Å²) < 4.78 is 5.31. The molecule has 0 spiro atoms. The standard InChI is InChI=1S/C19H36O3/c1-16(2)13-17(21)22-15-19(5,6)12-10-8-7-9-11-18(3,4)14-20/h13,20H,7-12,14-15H2,1-6H3. The molecule has 0 saturated heterocycles. The van der Waals surface area contributed by atoms with Crippen LogP contribution >= 0.6 is 0 Å². The molecule has 0 unspecified atom stereocenters. The van der Waals surface area contributed by atoms with Crippen LogP contribution in [0.2, 0.25) is 0 Å². The van der Waals surface area contributed by atoms with E-state index in [-0.39, 0.29) is 23.4 Å². The molecule has 0 saturated carbocycles. The highest BCUT2D eigenvalue weighted by Gasteiger charge is 2.20. The Morgan fingerprint density at radius 3 is 1.91 bits per heavy atom. The Hall–Kier alpha value is -0.830. The number of esters is 1. The molecule has 0 aliphatic rings.